The summed E-state index contributed by atoms with van der Waals surface area (Å²) in [5.74, 6) is -0.214. The molecular weight excluding hydrogens is 242 g/mol. The molecule has 1 aromatic rings. The Morgan fingerprint density at radius 1 is 1.42 bits per heavy atom. The van der Waals surface area contributed by atoms with Crippen molar-refractivity contribution < 1.29 is 9.53 Å². The number of nitrogens with zero attached hydrogens (tertiary/aromatic N) is 1. The second-order valence-electron chi connectivity index (χ2n) is 4.76. The Labute approximate surface area is 113 Å². The molecule has 104 valence electrons. The molecule has 1 aliphatic heterocycles. The first-order valence-electron chi connectivity index (χ1n) is 6.61. The molecule has 0 unspecified atom stereocenters. The molecule has 0 bridgehead atoms. The van der Waals surface area contributed by atoms with E-state index in [0.717, 1.165) is 24.5 Å². The van der Waals surface area contributed by atoms with Gasteiger partial charge in [-0.05, 0) is 25.0 Å². The first kappa shape index (κ1) is 13.8. The van der Waals surface area contributed by atoms with Gasteiger partial charge in [0.25, 0.3) is 0 Å². The number of ether oxygens (including phenoxy) is 1. The number of nitrogens with one attached hydrogen (secondary N) is 1. The molecule has 1 saturated heterocycles. The van der Waals surface area contributed by atoms with Crippen LogP contribution in [0.5, 0.6) is 0 Å². The molecule has 1 fully saturated rings. The largest absolute Gasteiger partial charge is 0.383 e. The summed E-state index contributed by atoms with van der Waals surface area (Å²) in [6.45, 7) is 2.30. The molecule has 0 aliphatic carbocycles. The summed E-state index contributed by atoms with van der Waals surface area (Å²) < 4.78 is 4.90. The molecule has 0 radical (unpaired) electrons. The minimum atomic E-state index is -0.642. The summed E-state index contributed by atoms with van der Waals surface area (Å²) in [4.78, 5) is 14.2. The summed E-state index contributed by atoms with van der Waals surface area (Å²) in [5.41, 5.74) is 7.62. The highest BCUT2D eigenvalue weighted by Crippen LogP contribution is 2.28. The Kier molecular flexibility index (Phi) is 4.76. The van der Waals surface area contributed by atoms with E-state index in [9.17, 15) is 4.79 Å². The van der Waals surface area contributed by atoms with E-state index in [4.69, 9.17) is 10.5 Å². The van der Waals surface area contributed by atoms with Crippen molar-refractivity contribution in [2.24, 2.45) is 5.73 Å². The van der Waals surface area contributed by atoms with E-state index >= 15 is 0 Å². The molecule has 5 heteroatoms. The van der Waals surface area contributed by atoms with Crippen LogP contribution in [-0.4, -0.2) is 38.8 Å². The lowest BCUT2D eigenvalue weighted by Crippen LogP contribution is -2.39. The number of anilines is 2. The number of methoxy groups -OCH3 is 1. The van der Waals surface area contributed by atoms with Gasteiger partial charge in [0.05, 0.1) is 18.0 Å². The van der Waals surface area contributed by atoms with Gasteiger partial charge >= 0.3 is 0 Å². The minimum absolute atomic E-state index is 0.214. The Balaban J connectivity index is 2.09. The Morgan fingerprint density at radius 3 is 2.79 bits per heavy atom. The van der Waals surface area contributed by atoms with Gasteiger partial charge in [0.2, 0.25) is 5.91 Å². The fraction of sp³-hybridized carbons (Fsp3) is 0.500. The number of nitrogens with two attached hydrogens (primary N) is 1. The van der Waals surface area contributed by atoms with Crippen LogP contribution >= 0.6 is 0 Å². The topological polar surface area (TPSA) is 67.6 Å². The van der Waals surface area contributed by atoms with Gasteiger partial charge in [-0.3, -0.25) is 4.79 Å². The molecule has 19 heavy (non-hydrogen) atoms. The summed E-state index contributed by atoms with van der Waals surface area (Å²) in [6, 6.07) is 7.19. The third-order valence-electron chi connectivity index (χ3n) is 3.29. The predicted octanol–water partition coefficient (Wildman–Crippen LogP) is 1.20. The number of carbonyl (C=O) groups is 1. The SMILES string of the molecule is COC[C@H](N)C(=O)Nc1ccccc1N1CCCC1. The standard InChI is InChI=1S/C14H21N3O2/c1-19-10-11(15)14(18)16-12-6-2-3-7-13(12)17-8-4-5-9-17/h2-3,6-7,11H,4-5,8-10,15H2,1H3,(H,16,18)/t11-/m0/s1. The number of hydrogen-bond acceptors (Lipinski definition) is 4. The maximum atomic E-state index is 11.9. The van der Waals surface area contributed by atoms with Crippen LogP contribution in [0.4, 0.5) is 11.4 Å². The molecule has 3 N–H and O–H groups in total. The van der Waals surface area contributed by atoms with Crippen LogP contribution in [0.25, 0.3) is 0 Å². The summed E-state index contributed by atoms with van der Waals surface area (Å²) >= 11 is 0. The molecule has 1 atom stereocenters. The Bertz CT molecular complexity index is 430. The number of amides is 1. The molecule has 5 nitrogen and oxygen atoms in total. The number of carbonyl (C=O) groups excluding carboxylic acids is 1. The van der Waals surface area contributed by atoms with Crippen LogP contribution < -0.4 is 16.0 Å². The van der Waals surface area contributed by atoms with E-state index in [2.05, 4.69) is 10.2 Å². The van der Waals surface area contributed by atoms with E-state index in [1.807, 2.05) is 24.3 Å². The van der Waals surface area contributed by atoms with Gasteiger partial charge in [-0.1, -0.05) is 12.1 Å². The summed E-state index contributed by atoms with van der Waals surface area (Å²) in [5, 5.41) is 2.89. The van der Waals surface area contributed by atoms with Crippen molar-refractivity contribution in [1.29, 1.82) is 0 Å². The second kappa shape index (κ2) is 6.54. The van der Waals surface area contributed by atoms with Crippen LogP contribution in [-0.2, 0) is 9.53 Å². The molecule has 1 aromatic carbocycles. The van der Waals surface area contributed by atoms with Crippen molar-refractivity contribution in [3.05, 3.63) is 24.3 Å². The van der Waals surface area contributed by atoms with Crippen molar-refractivity contribution in [3.8, 4) is 0 Å². The van der Waals surface area contributed by atoms with E-state index in [-0.39, 0.29) is 12.5 Å². The fourth-order valence-electron chi connectivity index (χ4n) is 2.29. The third-order valence-corrected chi connectivity index (χ3v) is 3.29. The molecule has 1 amide bonds. The molecule has 2 rings (SSSR count). The monoisotopic (exact) mass is 263 g/mol. The van der Waals surface area contributed by atoms with Crippen LogP contribution in [0.1, 0.15) is 12.8 Å². The highest BCUT2D eigenvalue weighted by molar-refractivity contribution is 5.97. The maximum absolute atomic E-state index is 11.9. The van der Waals surface area contributed by atoms with Gasteiger partial charge in [0, 0.05) is 20.2 Å². The Morgan fingerprint density at radius 2 is 2.11 bits per heavy atom. The third kappa shape index (κ3) is 3.45. The lowest BCUT2D eigenvalue weighted by atomic mass is 10.2. The normalized spacial score (nSPS) is 16.4. The van der Waals surface area contributed by atoms with Crippen LogP contribution in [0.3, 0.4) is 0 Å². The van der Waals surface area contributed by atoms with Crippen molar-refractivity contribution in [1.82, 2.24) is 0 Å². The molecule has 0 spiro atoms. The zero-order valence-corrected chi connectivity index (χ0v) is 11.3. The van der Waals surface area contributed by atoms with Crippen LogP contribution in [0.2, 0.25) is 0 Å². The first-order valence-corrected chi connectivity index (χ1v) is 6.61. The van der Waals surface area contributed by atoms with E-state index in [1.165, 1.54) is 20.0 Å². The van der Waals surface area contributed by atoms with Crippen molar-refractivity contribution in [2.75, 3.05) is 37.0 Å². The van der Waals surface area contributed by atoms with Crippen molar-refractivity contribution >= 4 is 17.3 Å². The summed E-state index contributed by atoms with van der Waals surface area (Å²) in [7, 11) is 1.53. The Hall–Kier alpha value is -1.59. The van der Waals surface area contributed by atoms with Gasteiger partial charge in [-0.2, -0.15) is 0 Å². The van der Waals surface area contributed by atoms with Gasteiger partial charge in [0.15, 0.2) is 0 Å². The summed E-state index contributed by atoms with van der Waals surface area (Å²) in [6.07, 6.45) is 2.40. The quantitative estimate of drug-likeness (QED) is 0.837. The lowest BCUT2D eigenvalue weighted by molar-refractivity contribution is -0.118. The second-order valence-corrected chi connectivity index (χ2v) is 4.76. The number of rotatable bonds is 5. The van der Waals surface area contributed by atoms with Crippen LogP contribution in [0.15, 0.2) is 24.3 Å². The van der Waals surface area contributed by atoms with Gasteiger partial charge in [-0.15, -0.1) is 0 Å². The lowest BCUT2D eigenvalue weighted by Gasteiger charge is -2.22. The van der Waals surface area contributed by atoms with E-state index in [0.29, 0.717) is 0 Å². The zero-order chi connectivity index (χ0) is 13.7. The molecule has 1 aliphatic rings. The van der Waals surface area contributed by atoms with Crippen molar-refractivity contribution in [3.63, 3.8) is 0 Å². The number of benzene rings is 1. The number of hydrogen-bond donors (Lipinski definition) is 2. The van der Waals surface area contributed by atoms with Crippen LogP contribution in [0, 0.1) is 0 Å². The molecule has 1 heterocycles. The highest BCUT2D eigenvalue weighted by Gasteiger charge is 2.18. The average Bonchev–Trinajstić information content (AvgIpc) is 2.93. The zero-order valence-electron chi connectivity index (χ0n) is 11.3. The van der Waals surface area contributed by atoms with Gasteiger partial charge in [-0.25, -0.2) is 0 Å². The first-order chi connectivity index (χ1) is 9.22. The van der Waals surface area contributed by atoms with Gasteiger partial charge in [0.1, 0.15) is 6.04 Å². The van der Waals surface area contributed by atoms with E-state index < -0.39 is 6.04 Å². The van der Waals surface area contributed by atoms with Crippen molar-refractivity contribution in [2.45, 2.75) is 18.9 Å². The highest BCUT2D eigenvalue weighted by atomic mass is 16.5. The predicted molar refractivity (Wildman–Crippen MR) is 76.4 cm³/mol. The molecule has 0 aromatic heterocycles. The average molecular weight is 263 g/mol. The molecule has 0 saturated carbocycles. The number of para-hydroxylation sites is 2. The van der Waals surface area contributed by atoms with E-state index in [1.54, 1.807) is 0 Å². The van der Waals surface area contributed by atoms with Gasteiger partial charge < -0.3 is 20.7 Å². The smallest absolute Gasteiger partial charge is 0.243 e. The molecular formula is C14H21N3O2. The maximum Gasteiger partial charge on any atom is 0.243 e. The minimum Gasteiger partial charge on any atom is -0.383 e. The fourth-order valence-corrected chi connectivity index (χ4v) is 2.29.